The van der Waals surface area contributed by atoms with Gasteiger partial charge in [0.1, 0.15) is 11.7 Å². The predicted molar refractivity (Wildman–Crippen MR) is 53.9 cm³/mol. The number of fused-ring (bicyclic) bond motifs is 3. The quantitative estimate of drug-likeness (QED) is 0.650. The van der Waals surface area contributed by atoms with Crippen LogP contribution in [0.25, 0.3) is 0 Å². The maximum absolute atomic E-state index is 9.22. The van der Waals surface area contributed by atoms with Gasteiger partial charge in [0.15, 0.2) is 0 Å². The van der Waals surface area contributed by atoms with E-state index in [1.54, 1.807) is 0 Å². The van der Waals surface area contributed by atoms with Crippen molar-refractivity contribution >= 4 is 0 Å². The summed E-state index contributed by atoms with van der Waals surface area (Å²) in [6.07, 6.45) is 3.95. The maximum Gasteiger partial charge on any atom is 0.111 e. The Labute approximate surface area is 85.6 Å². The molecule has 1 aliphatic heterocycles. The Morgan fingerprint density at radius 3 is 2.43 bits per heavy atom. The molecule has 3 aliphatic rings. The van der Waals surface area contributed by atoms with Gasteiger partial charge in [-0.05, 0) is 30.6 Å². The molecule has 1 spiro atoms. The van der Waals surface area contributed by atoms with Crippen molar-refractivity contribution in [3.63, 3.8) is 0 Å². The van der Waals surface area contributed by atoms with Crippen LogP contribution in [0.15, 0.2) is 0 Å². The summed E-state index contributed by atoms with van der Waals surface area (Å²) in [7, 11) is 0. The molecule has 0 amide bonds. The molecule has 0 radical (unpaired) electrons. The summed E-state index contributed by atoms with van der Waals surface area (Å²) in [6.45, 7) is 7.35. The molecule has 2 saturated carbocycles. The zero-order valence-corrected chi connectivity index (χ0v) is 9.34. The van der Waals surface area contributed by atoms with Gasteiger partial charge in [0.05, 0.1) is 6.61 Å². The highest BCUT2D eigenvalue weighted by Gasteiger charge is 2.78. The fourth-order valence-electron chi connectivity index (χ4n) is 4.37. The van der Waals surface area contributed by atoms with Crippen LogP contribution in [-0.4, -0.2) is 23.4 Å². The summed E-state index contributed by atoms with van der Waals surface area (Å²) in [6, 6.07) is 0. The molecular weight excluding hydrogens is 176 g/mol. The first-order valence-corrected chi connectivity index (χ1v) is 5.77. The van der Waals surface area contributed by atoms with Gasteiger partial charge in [-0.1, -0.05) is 20.8 Å². The number of aliphatic hydroxyl groups excluding tert-OH is 1. The zero-order valence-electron chi connectivity index (χ0n) is 9.34. The van der Waals surface area contributed by atoms with E-state index >= 15 is 0 Å². The summed E-state index contributed by atoms with van der Waals surface area (Å²) >= 11 is 0. The molecule has 1 N–H and O–H groups in total. The molecule has 2 aliphatic carbocycles. The standard InChI is InChI=1S/C12H20O2/c1-10(2)8-4-5-11(10,3)12(6-8)9(7-13)14-12/h8-9,13H,4-7H2,1-3H3/t8-,9+,11-,12+/m1/s1. The average Bonchev–Trinajstić information content (AvgIpc) is 2.76. The second-order valence-electron chi connectivity index (χ2n) is 6.17. The third kappa shape index (κ3) is 0.674. The molecule has 14 heavy (non-hydrogen) atoms. The highest BCUT2D eigenvalue weighted by Crippen LogP contribution is 2.76. The lowest BCUT2D eigenvalue weighted by Gasteiger charge is -2.38. The van der Waals surface area contributed by atoms with E-state index in [1.165, 1.54) is 19.3 Å². The monoisotopic (exact) mass is 196 g/mol. The molecule has 80 valence electrons. The van der Waals surface area contributed by atoms with E-state index in [0.29, 0.717) is 10.8 Å². The first kappa shape index (κ1) is 9.17. The Hall–Kier alpha value is -0.0800. The number of rotatable bonds is 1. The van der Waals surface area contributed by atoms with Crippen molar-refractivity contribution in [2.75, 3.05) is 6.61 Å². The molecule has 1 saturated heterocycles. The molecule has 2 heteroatoms. The van der Waals surface area contributed by atoms with Crippen LogP contribution in [0, 0.1) is 16.7 Å². The van der Waals surface area contributed by atoms with E-state index in [2.05, 4.69) is 20.8 Å². The van der Waals surface area contributed by atoms with Crippen molar-refractivity contribution in [3.8, 4) is 0 Å². The van der Waals surface area contributed by atoms with Crippen molar-refractivity contribution in [2.45, 2.75) is 51.7 Å². The first-order valence-electron chi connectivity index (χ1n) is 5.77. The lowest BCUT2D eigenvalue weighted by atomic mass is 9.65. The molecule has 0 aromatic rings. The van der Waals surface area contributed by atoms with E-state index in [-0.39, 0.29) is 18.3 Å². The molecule has 0 aromatic carbocycles. The second-order valence-corrected chi connectivity index (χ2v) is 6.17. The van der Waals surface area contributed by atoms with Gasteiger partial charge in [-0.2, -0.15) is 0 Å². The maximum atomic E-state index is 9.22. The molecule has 3 rings (SSSR count). The largest absolute Gasteiger partial charge is 0.394 e. The second kappa shape index (κ2) is 2.19. The van der Waals surface area contributed by atoms with Gasteiger partial charge in [0.25, 0.3) is 0 Å². The van der Waals surface area contributed by atoms with Gasteiger partial charge in [-0.25, -0.2) is 0 Å². The topological polar surface area (TPSA) is 32.8 Å². The third-order valence-electron chi connectivity index (χ3n) is 5.90. The van der Waals surface area contributed by atoms with E-state index in [9.17, 15) is 5.11 Å². The summed E-state index contributed by atoms with van der Waals surface area (Å²) in [5, 5.41) is 9.22. The summed E-state index contributed by atoms with van der Waals surface area (Å²) < 4.78 is 5.84. The Morgan fingerprint density at radius 1 is 1.36 bits per heavy atom. The van der Waals surface area contributed by atoms with Crippen molar-refractivity contribution in [3.05, 3.63) is 0 Å². The van der Waals surface area contributed by atoms with Crippen LogP contribution in [0.4, 0.5) is 0 Å². The Bertz CT molecular complexity index is 286. The minimum Gasteiger partial charge on any atom is -0.394 e. The van der Waals surface area contributed by atoms with Crippen LogP contribution in [0.5, 0.6) is 0 Å². The fourth-order valence-corrected chi connectivity index (χ4v) is 4.37. The first-order chi connectivity index (χ1) is 6.48. The molecule has 0 unspecified atom stereocenters. The number of ether oxygens (including phenoxy) is 1. The van der Waals surface area contributed by atoms with Crippen LogP contribution in [0.1, 0.15) is 40.0 Å². The minimum absolute atomic E-state index is 0.0498. The molecule has 0 aromatic heterocycles. The Morgan fingerprint density at radius 2 is 2.07 bits per heavy atom. The van der Waals surface area contributed by atoms with Crippen LogP contribution < -0.4 is 0 Å². The molecule has 4 atom stereocenters. The van der Waals surface area contributed by atoms with Crippen LogP contribution in [0.3, 0.4) is 0 Å². The van der Waals surface area contributed by atoms with Crippen LogP contribution in [-0.2, 0) is 4.74 Å². The van der Waals surface area contributed by atoms with Crippen LogP contribution >= 0.6 is 0 Å². The third-order valence-corrected chi connectivity index (χ3v) is 5.90. The zero-order chi connectivity index (χ0) is 10.2. The van der Waals surface area contributed by atoms with E-state index in [4.69, 9.17) is 4.74 Å². The van der Waals surface area contributed by atoms with Gasteiger partial charge in [0.2, 0.25) is 0 Å². The molecule has 3 fully saturated rings. The van der Waals surface area contributed by atoms with Gasteiger partial charge in [0, 0.05) is 5.41 Å². The molecule has 2 nitrogen and oxygen atoms in total. The number of hydrogen-bond donors (Lipinski definition) is 1. The molecule has 2 bridgehead atoms. The van der Waals surface area contributed by atoms with Gasteiger partial charge in [-0.3, -0.25) is 0 Å². The smallest absolute Gasteiger partial charge is 0.111 e. The highest BCUT2D eigenvalue weighted by molar-refractivity contribution is 5.26. The van der Waals surface area contributed by atoms with Gasteiger partial charge >= 0.3 is 0 Å². The minimum atomic E-state index is 0.0498. The average molecular weight is 196 g/mol. The number of epoxide rings is 1. The Kier molecular flexibility index (Phi) is 1.44. The van der Waals surface area contributed by atoms with Gasteiger partial charge < -0.3 is 9.84 Å². The Balaban J connectivity index is 2.01. The lowest BCUT2D eigenvalue weighted by molar-refractivity contribution is 0.0701. The number of aliphatic hydroxyl groups is 1. The summed E-state index contributed by atoms with van der Waals surface area (Å²) in [5.41, 5.74) is 0.753. The van der Waals surface area contributed by atoms with Crippen molar-refractivity contribution in [1.29, 1.82) is 0 Å². The predicted octanol–water partition coefficient (Wildman–Crippen LogP) is 1.96. The lowest BCUT2D eigenvalue weighted by Crippen LogP contribution is -2.40. The van der Waals surface area contributed by atoms with Crippen LogP contribution in [0.2, 0.25) is 0 Å². The van der Waals surface area contributed by atoms with E-state index < -0.39 is 0 Å². The normalized spacial score (nSPS) is 58.3. The van der Waals surface area contributed by atoms with E-state index in [1.807, 2.05) is 0 Å². The van der Waals surface area contributed by atoms with Crippen molar-refractivity contribution in [1.82, 2.24) is 0 Å². The SMILES string of the molecule is CC1(C)[C@@H]2CC[C@@]1(C)[C@@]1(C2)O[C@H]1CO. The van der Waals surface area contributed by atoms with Gasteiger partial charge in [-0.15, -0.1) is 0 Å². The molecule has 1 heterocycles. The van der Waals surface area contributed by atoms with E-state index in [0.717, 1.165) is 5.92 Å². The molecular formula is C12H20O2. The fraction of sp³-hybridized carbons (Fsp3) is 1.00. The summed E-state index contributed by atoms with van der Waals surface area (Å²) in [5.74, 6) is 0.809. The summed E-state index contributed by atoms with van der Waals surface area (Å²) in [4.78, 5) is 0. The van der Waals surface area contributed by atoms with Crippen molar-refractivity contribution in [2.24, 2.45) is 16.7 Å². The highest BCUT2D eigenvalue weighted by atomic mass is 16.6. The number of hydrogen-bond acceptors (Lipinski definition) is 2. The van der Waals surface area contributed by atoms with Crippen molar-refractivity contribution < 1.29 is 9.84 Å².